The van der Waals surface area contributed by atoms with Gasteiger partial charge in [0.05, 0.1) is 0 Å². The van der Waals surface area contributed by atoms with Crippen LogP contribution < -0.4 is 0 Å². The zero-order chi connectivity index (χ0) is 15.6. The van der Waals surface area contributed by atoms with Gasteiger partial charge in [-0.2, -0.15) is 0 Å². The summed E-state index contributed by atoms with van der Waals surface area (Å²) < 4.78 is 44.6. The van der Waals surface area contributed by atoms with Crippen LogP contribution >= 0.6 is 0 Å². The number of ether oxygens (including phenoxy) is 1. The number of carboxylic acid groups (broad SMARTS) is 1. The molecule has 1 aromatic rings. The Hall–Kier alpha value is -2.31. The Morgan fingerprint density at radius 2 is 1.71 bits per heavy atom. The first-order chi connectivity index (χ1) is 9.84. The maximum atomic E-state index is 13.3. The fourth-order valence-corrected chi connectivity index (χ4v) is 2.13. The third-order valence-corrected chi connectivity index (χ3v) is 3.33. The number of hydrogen-bond acceptors (Lipinski definition) is 3. The van der Waals surface area contributed by atoms with E-state index in [0.29, 0.717) is 31.4 Å². The van der Waals surface area contributed by atoms with Crippen molar-refractivity contribution < 1.29 is 32.6 Å². The highest BCUT2D eigenvalue weighted by Crippen LogP contribution is 2.45. The van der Waals surface area contributed by atoms with Crippen LogP contribution in [0.15, 0.2) is 24.3 Å². The number of benzene rings is 1. The van der Waals surface area contributed by atoms with Gasteiger partial charge in [0.15, 0.2) is 17.5 Å². The van der Waals surface area contributed by atoms with Gasteiger partial charge in [-0.15, -0.1) is 0 Å². The average Bonchev–Trinajstić information content (AvgIpc) is 2.37. The first-order valence-corrected chi connectivity index (χ1v) is 6.13. The number of hydrogen-bond donors (Lipinski definition) is 1. The van der Waals surface area contributed by atoms with E-state index in [2.05, 4.69) is 0 Å². The molecule has 7 heteroatoms. The van der Waals surface area contributed by atoms with Crippen LogP contribution in [0.2, 0.25) is 0 Å². The third kappa shape index (κ3) is 3.07. The van der Waals surface area contributed by atoms with Crippen LogP contribution in [0.3, 0.4) is 0 Å². The summed E-state index contributed by atoms with van der Waals surface area (Å²) in [6, 6.07) is 1.57. The van der Waals surface area contributed by atoms with Gasteiger partial charge in [-0.25, -0.2) is 22.8 Å². The number of rotatable bonds is 4. The zero-order valence-electron chi connectivity index (χ0n) is 10.7. The number of carbonyl (C=O) groups excluding carboxylic acids is 1. The summed E-state index contributed by atoms with van der Waals surface area (Å²) in [5.41, 5.74) is -1.22. The lowest BCUT2D eigenvalue weighted by Gasteiger charge is -2.41. The van der Waals surface area contributed by atoms with Gasteiger partial charge >= 0.3 is 11.9 Å². The highest BCUT2D eigenvalue weighted by atomic mass is 19.2. The number of carboxylic acids is 1. The number of carbonyl (C=O) groups is 2. The molecule has 0 spiro atoms. The van der Waals surface area contributed by atoms with Crippen molar-refractivity contribution >= 4 is 11.9 Å². The summed E-state index contributed by atoms with van der Waals surface area (Å²) in [6.07, 6.45) is 2.62. The minimum absolute atomic E-state index is 0.0159. The monoisotopic (exact) mass is 300 g/mol. The molecule has 1 fully saturated rings. The van der Waals surface area contributed by atoms with E-state index in [1.54, 1.807) is 0 Å². The van der Waals surface area contributed by atoms with E-state index in [0.717, 1.165) is 12.1 Å². The fourth-order valence-electron chi connectivity index (χ4n) is 2.13. The predicted octanol–water partition coefficient (Wildman–Crippen LogP) is 2.67. The Morgan fingerprint density at radius 1 is 1.14 bits per heavy atom. The average molecular weight is 300 g/mol. The molecule has 0 saturated heterocycles. The van der Waals surface area contributed by atoms with Crippen LogP contribution in [-0.2, 0) is 19.9 Å². The Balaban J connectivity index is 2.26. The fraction of sp³-hybridized carbons (Fsp3) is 0.286. The summed E-state index contributed by atoms with van der Waals surface area (Å²) in [7, 11) is 0. The van der Waals surface area contributed by atoms with Gasteiger partial charge in [0, 0.05) is 17.7 Å². The van der Waals surface area contributed by atoms with Crippen LogP contribution in [0.1, 0.15) is 24.8 Å². The summed E-state index contributed by atoms with van der Waals surface area (Å²) in [4.78, 5) is 21.8. The van der Waals surface area contributed by atoms with E-state index >= 15 is 0 Å². The van der Waals surface area contributed by atoms with Gasteiger partial charge in [-0.05, 0) is 31.4 Å². The van der Waals surface area contributed by atoms with E-state index in [1.807, 2.05) is 0 Å². The number of esters is 1. The third-order valence-electron chi connectivity index (χ3n) is 3.33. The van der Waals surface area contributed by atoms with E-state index in [4.69, 9.17) is 9.84 Å². The van der Waals surface area contributed by atoms with Crippen molar-refractivity contribution in [2.24, 2.45) is 0 Å². The second kappa shape index (κ2) is 5.59. The van der Waals surface area contributed by atoms with Crippen molar-refractivity contribution in [1.82, 2.24) is 0 Å². The van der Waals surface area contributed by atoms with Gasteiger partial charge in [-0.3, -0.25) is 0 Å². The standard InChI is InChI=1S/C14H11F3O4/c15-9-6-8(7-10(16)13(9)17)14(4-1-5-14)21-12(20)3-2-11(18)19/h2-3,6-7H,1,4-5H2,(H,18,19)/b3-2+. The summed E-state index contributed by atoms with van der Waals surface area (Å²) in [5.74, 6) is -6.59. The van der Waals surface area contributed by atoms with E-state index in [9.17, 15) is 22.8 Å². The summed E-state index contributed by atoms with van der Waals surface area (Å²) >= 11 is 0. The van der Waals surface area contributed by atoms with E-state index < -0.39 is 35.0 Å². The molecule has 0 unspecified atom stereocenters. The maximum absolute atomic E-state index is 13.3. The summed E-state index contributed by atoms with van der Waals surface area (Å²) in [5, 5.41) is 8.42. The van der Waals surface area contributed by atoms with Crippen LogP contribution in [-0.4, -0.2) is 17.0 Å². The SMILES string of the molecule is O=C(O)/C=C/C(=O)OC1(c2cc(F)c(F)c(F)c2)CCC1. The van der Waals surface area contributed by atoms with Crippen molar-refractivity contribution in [1.29, 1.82) is 0 Å². The zero-order valence-corrected chi connectivity index (χ0v) is 10.7. The molecular formula is C14H11F3O4. The molecule has 0 bridgehead atoms. The second-order valence-electron chi connectivity index (χ2n) is 4.69. The van der Waals surface area contributed by atoms with Crippen molar-refractivity contribution in [3.8, 4) is 0 Å². The second-order valence-corrected chi connectivity index (χ2v) is 4.69. The molecule has 0 aromatic heterocycles. The molecule has 0 heterocycles. The van der Waals surface area contributed by atoms with Crippen LogP contribution in [0.5, 0.6) is 0 Å². The molecule has 0 radical (unpaired) electrons. The molecular weight excluding hydrogens is 289 g/mol. The van der Waals surface area contributed by atoms with Crippen LogP contribution in [0.4, 0.5) is 13.2 Å². The number of aliphatic carboxylic acids is 1. The van der Waals surface area contributed by atoms with Crippen LogP contribution in [0, 0.1) is 17.5 Å². The number of halogens is 3. The molecule has 1 aliphatic carbocycles. The van der Waals surface area contributed by atoms with Crippen molar-refractivity contribution in [2.75, 3.05) is 0 Å². The van der Waals surface area contributed by atoms with E-state index in [-0.39, 0.29) is 5.56 Å². The van der Waals surface area contributed by atoms with Gasteiger partial charge in [0.25, 0.3) is 0 Å². The molecule has 0 aliphatic heterocycles. The first kappa shape index (κ1) is 15.1. The minimum atomic E-state index is -1.59. The Morgan fingerprint density at radius 3 is 2.14 bits per heavy atom. The molecule has 4 nitrogen and oxygen atoms in total. The van der Waals surface area contributed by atoms with Gasteiger partial charge in [-0.1, -0.05) is 0 Å². The Bertz CT molecular complexity index is 598. The predicted molar refractivity (Wildman–Crippen MR) is 64.7 cm³/mol. The van der Waals surface area contributed by atoms with Gasteiger partial charge in [0.1, 0.15) is 5.60 Å². The lowest BCUT2D eigenvalue weighted by Crippen LogP contribution is -2.39. The van der Waals surface area contributed by atoms with E-state index in [1.165, 1.54) is 0 Å². The van der Waals surface area contributed by atoms with Crippen LogP contribution in [0.25, 0.3) is 0 Å². The summed E-state index contributed by atoms with van der Waals surface area (Å²) in [6.45, 7) is 0. The molecule has 21 heavy (non-hydrogen) atoms. The smallest absolute Gasteiger partial charge is 0.331 e. The largest absolute Gasteiger partial charge is 0.478 e. The highest BCUT2D eigenvalue weighted by molar-refractivity contribution is 5.91. The normalized spacial score (nSPS) is 16.5. The molecule has 0 amide bonds. The highest BCUT2D eigenvalue weighted by Gasteiger charge is 2.43. The van der Waals surface area contributed by atoms with Gasteiger partial charge < -0.3 is 9.84 Å². The molecule has 1 saturated carbocycles. The first-order valence-electron chi connectivity index (χ1n) is 6.13. The lowest BCUT2D eigenvalue weighted by molar-refractivity contribution is -0.165. The van der Waals surface area contributed by atoms with Crippen molar-refractivity contribution in [3.63, 3.8) is 0 Å². The molecule has 0 atom stereocenters. The molecule has 1 N–H and O–H groups in total. The van der Waals surface area contributed by atoms with Crippen molar-refractivity contribution in [3.05, 3.63) is 47.3 Å². The quantitative estimate of drug-likeness (QED) is 0.527. The molecule has 1 aliphatic rings. The van der Waals surface area contributed by atoms with Crippen molar-refractivity contribution in [2.45, 2.75) is 24.9 Å². The minimum Gasteiger partial charge on any atom is -0.478 e. The Labute approximate surface area is 117 Å². The molecule has 1 aromatic carbocycles. The molecule has 112 valence electrons. The lowest BCUT2D eigenvalue weighted by atomic mass is 9.74. The van der Waals surface area contributed by atoms with Gasteiger partial charge in [0.2, 0.25) is 0 Å². The molecule has 2 rings (SSSR count). The maximum Gasteiger partial charge on any atom is 0.331 e. The topological polar surface area (TPSA) is 63.6 Å². The Kier molecular flexibility index (Phi) is 4.02.